The van der Waals surface area contributed by atoms with Crippen molar-refractivity contribution in [1.29, 1.82) is 0 Å². The summed E-state index contributed by atoms with van der Waals surface area (Å²) in [4.78, 5) is 2.28. The van der Waals surface area contributed by atoms with Crippen molar-refractivity contribution >= 4 is 11.8 Å². The highest BCUT2D eigenvalue weighted by molar-refractivity contribution is 7.99. The molecular formula is C12H26N2S. The van der Waals surface area contributed by atoms with Crippen molar-refractivity contribution < 1.29 is 0 Å². The summed E-state index contributed by atoms with van der Waals surface area (Å²) in [5.41, 5.74) is 0. The van der Waals surface area contributed by atoms with Crippen LogP contribution >= 0.6 is 11.8 Å². The molecular weight excluding hydrogens is 204 g/mol. The molecule has 0 radical (unpaired) electrons. The summed E-state index contributed by atoms with van der Waals surface area (Å²) in [7, 11) is 4.31. The highest BCUT2D eigenvalue weighted by Crippen LogP contribution is 2.28. The Bertz CT molecular complexity index is 160. The summed E-state index contributed by atoms with van der Waals surface area (Å²) in [5, 5.41) is 4.50. The average molecular weight is 230 g/mol. The lowest BCUT2D eigenvalue weighted by Gasteiger charge is -2.29. The van der Waals surface area contributed by atoms with E-state index in [9.17, 15) is 0 Å². The molecule has 15 heavy (non-hydrogen) atoms. The van der Waals surface area contributed by atoms with Gasteiger partial charge in [-0.15, -0.1) is 0 Å². The van der Waals surface area contributed by atoms with Gasteiger partial charge in [0.15, 0.2) is 0 Å². The maximum Gasteiger partial charge on any atom is 0.00774 e. The molecule has 0 spiro atoms. The van der Waals surface area contributed by atoms with E-state index in [1.807, 2.05) is 0 Å². The van der Waals surface area contributed by atoms with Gasteiger partial charge in [0.25, 0.3) is 0 Å². The van der Waals surface area contributed by atoms with Gasteiger partial charge in [-0.3, -0.25) is 0 Å². The second-order valence-corrected chi connectivity index (χ2v) is 6.13. The monoisotopic (exact) mass is 230 g/mol. The number of nitrogens with one attached hydrogen (secondary N) is 1. The molecule has 3 heteroatoms. The minimum absolute atomic E-state index is 0.792. The zero-order valence-corrected chi connectivity index (χ0v) is 11.3. The molecule has 0 heterocycles. The molecule has 1 rings (SSSR count). The molecule has 1 aliphatic rings. The van der Waals surface area contributed by atoms with Gasteiger partial charge in [0.05, 0.1) is 0 Å². The van der Waals surface area contributed by atoms with Crippen molar-refractivity contribution in [2.45, 2.75) is 43.9 Å². The van der Waals surface area contributed by atoms with Crippen LogP contribution < -0.4 is 5.32 Å². The van der Waals surface area contributed by atoms with E-state index in [4.69, 9.17) is 0 Å². The summed E-state index contributed by atoms with van der Waals surface area (Å²) in [5.74, 6) is 1.29. The van der Waals surface area contributed by atoms with E-state index in [0.717, 1.165) is 17.8 Å². The summed E-state index contributed by atoms with van der Waals surface area (Å²) >= 11 is 2.17. The quantitative estimate of drug-likeness (QED) is 0.753. The van der Waals surface area contributed by atoms with Crippen molar-refractivity contribution in [1.82, 2.24) is 10.2 Å². The van der Waals surface area contributed by atoms with Crippen LogP contribution in [0, 0.1) is 0 Å². The number of hydrogen-bond donors (Lipinski definition) is 1. The fourth-order valence-corrected chi connectivity index (χ4v) is 3.68. The molecule has 0 bridgehead atoms. The van der Waals surface area contributed by atoms with E-state index in [1.54, 1.807) is 0 Å². The van der Waals surface area contributed by atoms with Gasteiger partial charge >= 0.3 is 0 Å². The van der Waals surface area contributed by atoms with Gasteiger partial charge in [-0.2, -0.15) is 11.8 Å². The normalized spacial score (nSPS) is 27.2. The van der Waals surface area contributed by atoms with Crippen LogP contribution in [0.2, 0.25) is 0 Å². The van der Waals surface area contributed by atoms with Crippen molar-refractivity contribution in [3.8, 4) is 0 Å². The van der Waals surface area contributed by atoms with Gasteiger partial charge in [0.2, 0.25) is 0 Å². The fraction of sp³-hybridized carbons (Fsp3) is 1.00. The third-order valence-corrected chi connectivity index (χ3v) is 4.33. The Balaban J connectivity index is 2.12. The lowest BCUT2D eigenvalue weighted by Crippen LogP contribution is -2.35. The molecule has 1 saturated carbocycles. The Kier molecular flexibility index (Phi) is 6.69. The third kappa shape index (κ3) is 5.79. The highest BCUT2D eigenvalue weighted by Gasteiger charge is 2.21. The van der Waals surface area contributed by atoms with Crippen LogP contribution in [-0.4, -0.2) is 49.1 Å². The maximum atomic E-state index is 3.59. The SMILES string of the molecule is CCNC1CCCC(SCCN(C)C)C1. The van der Waals surface area contributed by atoms with Crippen molar-refractivity contribution in [2.75, 3.05) is 32.9 Å². The largest absolute Gasteiger partial charge is 0.314 e. The number of hydrogen-bond acceptors (Lipinski definition) is 3. The van der Waals surface area contributed by atoms with Crippen LogP contribution in [0.5, 0.6) is 0 Å². The molecule has 1 N–H and O–H groups in total. The van der Waals surface area contributed by atoms with Crippen LogP contribution in [0.25, 0.3) is 0 Å². The molecule has 2 unspecified atom stereocenters. The number of thioether (sulfide) groups is 1. The van der Waals surface area contributed by atoms with Gasteiger partial charge in [-0.1, -0.05) is 13.3 Å². The first-order valence-electron chi connectivity index (χ1n) is 6.22. The highest BCUT2D eigenvalue weighted by atomic mass is 32.2. The van der Waals surface area contributed by atoms with Crippen LogP contribution in [0.1, 0.15) is 32.6 Å². The van der Waals surface area contributed by atoms with E-state index in [1.165, 1.54) is 38.0 Å². The smallest absolute Gasteiger partial charge is 0.00774 e. The molecule has 0 aliphatic heterocycles. The summed E-state index contributed by atoms with van der Waals surface area (Å²) in [6.07, 6.45) is 5.61. The fourth-order valence-electron chi connectivity index (χ4n) is 2.17. The zero-order valence-electron chi connectivity index (χ0n) is 10.5. The van der Waals surface area contributed by atoms with Gasteiger partial charge in [0, 0.05) is 23.6 Å². The van der Waals surface area contributed by atoms with E-state index in [2.05, 4.69) is 43.0 Å². The lowest BCUT2D eigenvalue weighted by molar-refractivity contribution is 0.387. The molecule has 0 aromatic rings. The predicted octanol–water partition coefficient (Wildman–Crippen LogP) is 2.20. The predicted molar refractivity (Wildman–Crippen MR) is 70.7 cm³/mol. The maximum absolute atomic E-state index is 3.59. The Labute approximate surface area is 99.2 Å². The topological polar surface area (TPSA) is 15.3 Å². The lowest BCUT2D eigenvalue weighted by atomic mass is 9.95. The number of nitrogens with zero attached hydrogens (tertiary/aromatic N) is 1. The first kappa shape index (κ1) is 13.3. The van der Waals surface area contributed by atoms with Crippen molar-refractivity contribution in [3.05, 3.63) is 0 Å². The molecule has 2 atom stereocenters. The molecule has 1 fully saturated rings. The van der Waals surface area contributed by atoms with Crippen LogP contribution in [-0.2, 0) is 0 Å². The average Bonchev–Trinajstić information content (AvgIpc) is 2.18. The Hall–Kier alpha value is 0.270. The molecule has 1 aliphatic carbocycles. The van der Waals surface area contributed by atoms with E-state index < -0.39 is 0 Å². The van der Waals surface area contributed by atoms with Crippen molar-refractivity contribution in [3.63, 3.8) is 0 Å². The van der Waals surface area contributed by atoms with Gasteiger partial charge < -0.3 is 10.2 Å². The van der Waals surface area contributed by atoms with Crippen LogP contribution in [0.4, 0.5) is 0 Å². The summed E-state index contributed by atoms with van der Waals surface area (Å²) < 4.78 is 0. The minimum Gasteiger partial charge on any atom is -0.314 e. The molecule has 0 saturated heterocycles. The first-order valence-corrected chi connectivity index (χ1v) is 7.27. The second kappa shape index (κ2) is 7.53. The van der Waals surface area contributed by atoms with Gasteiger partial charge in [-0.05, 0) is 39.9 Å². The van der Waals surface area contributed by atoms with E-state index >= 15 is 0 Å². The van der Waals surface area contributed by atoms with Gasteiger partial charge in [-0.25, -0.2) is 0 Å². The Morgan fingerprint density at radius 3 is 2.80 bits per heavy atom. The van der Waals surface area contributed by atoms with Crippen molar-refractivity contribution in [2.24, 2.45) is 0 Å². The first-order chi connectivity index (χ1) is 7.22. The summed E-state index contributed by atoms with van der Waals surface area (Å²) in [6, 6.07) is 0.792. The molecule has 2 nitrogen and oxygen atoms in total. The minimum atomic E-state index is 0.792. The Morgan fingerprint density at radius 2 is 2.13 bits per heavy atom. The molecule has 90 valence electrons. The summed E-state index contributed by atoms with van der Waals surface area (Å²) in [6.45, 7) is 4.55. The van der Waals surface area contributed by atoms with Crippen LogP contribution in [0.15, 0.2) is 0 Å². The standard InChI is InChI=1S/C12H26N2S/c1-4-13-11-6-5-7-12(10-11)15-9-8-14(2)3/h11-13H,4-10H2,1-3H3. The Morgan fingerprint density at radius 1 is 1.33 bits per heavy atom. The molecule has 0 amide bonds. The third-order valence-electron chi connectivity index (χ3n) is 3.01. The van der Waals surface area contributed by atoms with E-state index in [0.29, 0.717) is 0 Å². The second-order valence-electron chi connectivity index (χ2n) is 4.72. The molecule has 0 aromatic carbocycles. The van der Waals surface area contributed by atoms with Gasteiger partial charge in [0.1, 0.15) is 0 Å². The molecule has 0 aromatic heterocycles. The van der Waals surface area contributed by atoms with E-state index in [-0.39, 0.29) is 0 Å². The zero-order chi connectivity index (χ0) is 11.1. The van der Waals surface area contributed by atoms with Crippen LogP contribution in [0.3, 0.4) is 0 Å². The number of rotatable bonds is 6.